The molecular formula is C22H32O7. The summed E-state index contributed by atoms with van der Waals surface area (Å²) in [6.07, 6.45) is 1.57. The van der Waals surface area contributed by atoms with Crippen LogP contribution >= 0.6 is 0 Å². The maximum absolute atomic E-state index is 12.4. The lowest BCUT2D eigenvalue weighted by Crippen LogP contribution is -2.42. The molecule has 3 rings (SSSR count). The molecule has 29 heavy (non-hydrogen) atoms. The van der Waals surface area contributed by atoms with Crippen molar-refractivity contribution in [1.82, 2.24) is 0 Å². The van der Waals surface area contributed by atoms with Crippen molar-refractivity contribution in [2.75, 3.05) is 33.0 Å². The van der Waals surface area contributed by atoms with Crippen LogP contribution < -0.4 is 0 Å². The fourth-order valence-electron chi connectivity index (χ4n) is 3.70. The molecule has 2 aliphatic rings. The molecule has 0 N–H and O–H groups in total. The fourth-order valence-corrected chi connectivity index (χ4v) is 3.70. The standard InChI is InChI=1S/C22H32O7/c1-3-24-22(25-4-2)20-17(14-28-21(23)16-10-6-5-7-11-16)18(15-27-20)29-19-12-8-9-13-26-19/h5-7,10-11,17-20,22H,3-4,8-9,12-15H2,1-2H3/t17-,18+,19?,20-/m1/s1. The zero-order chi connectivity index (χ0) is 20.5. The number of hydrogen-bond acceptors (Lipinski definition) is 7. The molecule has 0 bridgehead atoms. The van der Waals surface area contributed by atoms with Crippen molar-refractivity contribution in [3.63, 3.8) is 0 Å². The van der Waals surface area contributed by atoms with Crippen LogP contribution in [0.3, 0.4) is 0 Å². The van der Waals surface area contributed by atoms with Crippen LogP contribution in [0.15, 0.2) is 30.3 Å². The summed E-state index contributed by atoms with van der Waals surface area (Å²) in [5.41, 5.74) is 0.516. The van der Waals surface area contributed by atoms with Gasteiger partial charge in [-0.1, -0.05) is 18.2 Å². The lowest BCUT2D eigenvalue weighted by atomic mass is 9.99. The molecule has 0 amide bonds. The van der Waals surface area contributed by atoms with E-state index < -0.39 is 6.29 Å². The van der Waals surface area contributed by atoms with Gasteiger partial charge in [-0.25, -0.2) is 4.79 Å². The van der Waals surface area contributed by atoms with Crippen LogP contribution in [0.4, 0.5) is 0 Å². The predicted molar refractivity (Wildman–Crippen MR) is 105 cm³/mol. The number of carbonyl (C=O) groups excluding carboxylic acids is 1. The van der Waals surface area contributed by atoms with Crippen LogP contribution in [0.5, 0.6) is 0 Å². The largest absolute Gasteiger partial charge is 0.462 e. The molecule has 2 heterocycles. The van der Waals surface area contributed by atoms with E-state index in [1.807, 2.05) is 32.0 Å². The van der Waals surface area contributed by atoms with Gasteiger partial charge >= 0.3 is 5.97 Å². The van der Waals surface area contributed by atoms with E-state index in [1.165, 1.54) is 0 Å². The van der Waals surface area contributed by atoms with Crippen molar-refractivity contribution < 1.29 is 33.2 Å². The molecule has 7 heteroatoms. The minimum Gasteiger partial charge on any atom is -0.462 e. The summed E-state index contributed by atoms with van der Waals surface area (Å²) in [6, 6.07) is 8.95. The third-order valence-electron chi connectivity index (χ3n) is 5.16. The zero-order valence-corrected chi connectivity index (χ0v) is 17.3. The second-order valence-corrected chi connectivity index (χ2v) is 7.18. The van der Waals surface area contributed by atoms with Crippen molar-refractivity contribution in [3.05, 3.63) is 35.9 Å². The Morgan fingerprint density at radius 2 is 1.86 bits per heavy atom. The average Bonchev–Trinajstić information content (AvgIpc) is 3.15. The Bertz CT molecular complexity index is 596. The Hall–Kier alpha value is -1.51. The predicted octanol–water partition coefficient (Wildman–Crippen LogP) is 3.17. The number of benzene rings is 1. The van der Waals surface area contributed by atoms with Gasteiger partial charge in [-0.3, -0.25) is 0 Å². The minimum absolute atomic E-state index is 0.159. The molecule has 0 aliphatic carbocycles. The Morgan fingerprint density at radius 1 is 1.10 bits per heavy atom. The number of esters is 1. The second kappa shape index (κ2) is 11.6. The summed E-state index contributed by atoms with van der Waals surface area (Å²) < 4.78 is 35.0. The topological polar surface area (TPSA) is 72.5 Å². The van der Waals surface area contributed by atoms with Crippen molar-refractivity contribution in [3.8, 4) is 0 Å². The third-order valence-corrected chi connectivity index (χ3v) is 5.16. The van der Waals surface area contributed by atoms with E-state index in [2.05, 4.69) is 0 Å². The van der Waals surface area contributed by atoms with Crippen LogP contribution in [-0.4, -0.2) is 63.8 Å². The number of hydrogen-bond donors (Lipinski definition) is 0. The van der Waals surface area contributed by atoms with E-state index in [4.69, 9.17) is 28.4 Å². The van der Waals surface area contributed by atoms with Gasteiger partial charge in [0.25, 0.3) is 0 Å². The van der Waals surface area contributed by atoms with Gasteiger partial charge in [-0.2, -0.15) is 0 Å². The highest BCUT2D eigenvalue weighted by molar-refractivity contribution is 5.89. The van der Waals surface area contributed by atoms with E-state index in [1.54, 1.807) is 12.1 Å². The SMILES string of the molecule is CCOC(OCC)[C@@H]1OC[C@H](OC2CCCCO2)[C@H]1COC(=O)c1ccccc1. The number of rotatable bonds is 10. The van der Waals surface area contributed by atoms with Crippen LogP contribution in [0.25, 0.3) is 0 Å². The molecule has 2 fully saturated rings. The smallest absolute Gasteiger partial charge is 0.338 e. The summed E-state index contributed by atoms with van der Waals surface area (Å²) in [7, 11) is 0. The average molecular weight is 408 g/mol. The summed E-state index contributed by atoms with van der Waals surface area (Å²) >= 11 is 0. The van der Waals surface area contributed by atoms with E-state index >= 15 is 0 Å². The minimum atomic E-state index is -0.536. The van der Waals surface area contributed by atoms with Gasteiger partial charge in [0.15, 0.2) is 12.6 Å². The van der Waals surface area contributed by atoms with Gasteiger partial charge < -0.3 is 28.4 Å². The quantitative estimate of drug-likeness (QED) is 0.435. The molecule has 0 spiro atoms. The third kappa shape index (κ3) is 6.23. The summed E-state index contributed by atoms with van der Waals surface area (Å²) in [4.78, 5) is 12.4. The monoisotopic (exact) mass is 408 g/mol. The van der Waals surface area contributed by atoms with Gasteiger partial charge in [0.05, 0.1) is 30.8 Å². The van der Waals surface area contributed by atoms with Crippen molar-refractivity contribution >= 4 is 5.97 Å². The Morgan fingerprint density at radius 3 is 2.52 bits per heavy atom. The van der Waals surface area contributed by atoms with Crippen LogP contribution in [0.1, 0.15) is 43.5 Å². The first-order valence-corrected chi connectivity index (χ1v) is 10.6. The molecule has 1 aromatic rings. The lowest BCUT2D eigenvalue weighted by Gasteiger charge is -2.31. The van der Waals surface area contributed by atoms with Crippen molar-refractivity contribution in [1.29, 1.82) is 0 Å². The molecule has 0 radical (unpaired) electrons. The Kier molecular flexibility index (Phi) is 8.89. The maximum Gasteiger partial charge on any atom is 0.338 e. The van der Waals surface area contributed by atoms with Crippen molar-refractivity contribution in [2.24, 2.45) is 5.92 Å². The Labute approximate surface area is 172 Å². The first-order valence-electron chi connectivity index (χ1n) is 10.6. The molecule has 2 saturated heterocycles. The van der Waals surface area contributed by atoms with Gasteiger partial charge in [0.2, 0.25) is 0 Å². The highest BCUT2D eigenvalue weighted by Gasteiger charge is 2.45. The lowest BCUT2D eigenvalue weighted by molar-refractivity contribution is -0.209. The number of carbonyl (C=O) groups is 1. The zero-order valence-electron chi connectivity index (χ0n) is 17.3. The van der Waals surface area contributed by atoms with Crippen molar-refractivity contribution in [2.45, 2.75) is 57.9 Å². The maximum atomic E-state index is 12.4. The van der Waals surface area contributed by atoms with E-state index in [0.29, 0.717) is 32.0 Å². The van der Waals surface area contributed by atoms with E-state index in [0.717, 1.165) is 19.3 Å². The molecule has 1 aromatic carbocycles. The molecular weight excluding hydrogens is 376 g/mol. The Balaban J connectivity index is 1.67. The van der Waals surface area contributed by atoms with Crippen LogP contribution in [-0.2, 0) is 28.4 Å². The first-order chi connectivity index (χ1) is 14.2. The normalized spacial score (nSPS) is 27.3. The van der Waals surface area contributed by atoms with E-state index in [9.17, 15) is 4.79 Å². The van der Waals surface area contributed by atoms with Gasteiger partial charge in [0.1, 0.15) is 6.10 Å². The molecule has 4 atom stereocenters. The highest BCUT2D eigenvalue weighted by Crippen LogP contribution is 2.31. The number of ether oxygens (including phenoxy) is 6. The summed E-state index contributed by atoms with van der Waals surface area (Å²) in [5, 5.41) is 0. The van der Waals surface area contributed by atoms with Gasteiger partial charge in [0, 0.05) is 19.8 Å². The molecule has 0 aromatic heterocycles. The van der Waals surface area contributed by atoms with Gasteiger partial charge in [-0.15, -0.1) is 0 Å². The summed E-state index contributed by atoms with van der Waals surface area (Å²) in [6.45, 7) is 6.07. The molecule has 7 nitrogen and oxygen atoms in total. The summed E-state index contributed by atoms with van der Waals surface area (Å²) in [5.74, 6) is -0.579. The van der Waals surface area contributed by atoms with E-state index in [-0.39, 0.29) is 37.0 Å². The fraction of sp³-hybridized carbons (Fsp3) is 0.682. The van der Waals surface area contributed by atoms with Crippen LogP contribution in [0, 0.1) is 5.92 Å². The van der Waals surface area contributed by atoms with Crippen LogP contribution in [0.2, 0.25) is 0 Å². The molecule has 0 saturated carbocycles. The first kappa shape index (κ1) is 22.2. The molecule has 1 unspecified atom stereocenters. The molecule has 162 valence electrons. The molecule has 2 aliphatic heterocycles. The highest BCUT2D eigenvalue weighted by atomic mass is 16.7. The second-order valence-electron chi connectivity index (χ2n) is 7.18. The van der Waals surface area contributed by atoms with Gasteiger partial charge in [-0.05, 0) is 45.2 Å².